The van der Waals surface area contributed by atoms with Crippen molar-refractivity contribution in [2.75, 3.05) is 6.67 Å². The van der Waals surface area contributed by atoms with Gasteiger partial charge in [-0.15, -0.1) is 0 Å². The van der Waals surface area contributed by atoms with Gasteiger partial charge in [0.05, 0.1) is 0 Å². The summed E-state index contributed by atoms with van der Waals surface area (Å²) in [6, 6.07) is 2.71. The summed E-state index contributed by atoms with van der Waals surface area (Å²) < 4.78 is 39.4. The van der Waals surface area contributed by atoms with Crippen LogP contribution in [0.5, 0.6) is 0 Å². The highest BCUT2D eigenvalue weighted by atomic mass is 19.1. The molecule has 0 aliphatic rings. The SMILES string of the molecule is CCCC(C)CCCc1cc(F)c(C=CCF)c(F)c1. The fourth-order valence-corrected chi connectivity index (χ4v) is 2.39. The molecule has 0 nitrogen and oxygen atoms in total. The first-order chi connectivity index (χ1) is 9.58. The lowest BCUT2D eigenvalue weighted by Gasteiger charge is -2.10. The largest absolute Gasteiger partial charge is 0.247 e. The monoisotopic (exact) mass is 284 g/mol. The number of rotatable bonds is 8. The molecule has 0 radical (unpaired) electrons. The van der Waals surface area contributed by atoms with Crippen LogP contribution in [0.25, 0.3) is 6.08 Å². The van der Waals surface area contributed by atoms with Crippen molar-refractivity contribution in [3.63, 3.8) is 0 Å². The van der Waals surface area contributed by atoms with Crippen LogP contribution >= 0.6 is 0 Å². The molecule has 1 unspecified atom stereocenters. The Kier molecular flexibility index (Phi) is 7.42. The third-order valence-electron chi connectivity index (χ3n) is 3.46. The normalized spacial score (nSPS) is 13.1. The summed E-state index contributed by atoms with van der Waals surface area (Å²) in [5, 5.41) is 0. The van der Waals surface area contributed by atoms with Crippen LogP contribution in [0.4, 0.5) is 13.2 Å². The second-order valence-electron chi connectivity index (χ2n) is 5.32. The van der Waals surface area contributed by atoms with E-state index in [0.29, 0.717) is 17.9 Å². The summed E-state index contributed by atoms with van der Waals surface area (Å²) in [4.78, 5) is 0. The van der Waals surface area contributed by atoms with Crippen LogP contribution < -0.4 is 0 Å². The van der Waals surface area contributed by atoms with Gasteiger partial charge in [-0.1, -0.05) is 45.3 Å². The van der Waals surface area contributed by atoms with Crippen LogP contribution in [-0.4, -0.2) is 6.67 Å². The zero-order chi connectivity index (χ0) is 15.0. The van der Waals surface area contributed by atoms with Gasteiger partial charge in [-0.2, -0.15) is 0 Å². The molecule has 3 heteroatoms. The van der Waals surface area contributed by atoms with Crippen molar-refractivity contribution in [3.05, 3.63) is 41.0 Å². The summed E-state index contributed by atoms with van der Waals surface area (Å²) >= 11 is 0. The molecule has 0 amide bonds. The predicted octanol–water partition coefficient (Wildman–Crippen LogP) is 5.71. The highest BCUT2D eigenvalue weighted by Crippen LogP contribution is 2.20. The molecule has 0 bridgehead atoms. The minimum atomic E-state index is -0.726. The van der Waals surface area contributed by atoms with Crippen molar-refractivity contribution in [2.45, 2.75) is 46.0 Å². The van der Waals surface area contributed by atoms with E-state index < -0.39 is 18.3 Å². The molecule has 0 N–H and O–H groups in total. The maximum absolute atomic E-state index is 13.7. The van der Waals surface area contributed by atoms with Crippen molar-refractivity contribution in [2.24, 2.45) is 5.92 Å². The Balaban J connectivity index is 2.62. The smallest absolute Gasteiger partial charge is 0.133 e. The van der Waals surface area contributed by atoms with Gasteiger partial charge in [-0.3, -0.25) is 0 Å². The fraction of sp³-hybridized carbons (Fsp3) is 0.529. The third-order valence-corrected chi connectivity index (χ3v) is 3.46. The lowest BCUT2D eigenvalue weighted by molar-refractivity contribution is 0.469. The van der Waals surface area contributed by atoms with E-state index in [0.717, 1.165) is 25.0 Å². The van der Waals surface area contributed by atoms with E-state index in [-0.39, 0.29) is 5.56 Å². The van der Waals surface area contributed by atoms with Gasteiger partial charge in [0.15, 0.2) is 0 Å². The minimum Gasteiger partial charge on any atom is -0.247 e. The molecule has 112 valence electrons. The Hall–Kier alpha value is -1.25. The van der Waals surface area contributed by atoms with Crippen molar-refractivity contribution >= 4 is 6.08 Å². The molecular formula is C17H23F3. The summed E-state index contributed by atoms with van der Waals surface area (Å²) in [6.45, 7) is 3.64. The number of hydrogen-bond donors (Lipinski definition) is 0. The first-order valence-electron chi connectivity index (χ1n) is 7.28. The summed E-state index contributed by atoms with van der Waals surface area (Å²) in [5.41, 5.74) is 0.506. The van der Waals surface area contributed by atoms with Crippen LogP contribution in [0.2, 0.25) is 0 Å². The molecule has 0 spiro atoms. The van der Waals surface area contributed by atoms with E-state index >= 15 is 0 Å². The molecule has 0 fully saturated rings. The van der Waals surface area contributed by atoms with Gasteiger partial charge in [-0.05, 0) is 36.5 Å². The lowest BCUT2D eigenvalue weighted by atomic mass is 9.97. The molecule has 1 atom stereocenters. The molecule has 1 rings (SSSR count). The summed E-state index contributed by atoms with van der Waals surface area (Å²) in [5.74, 6) is -0.584. The van der Waals surface area contributed by atoms with E-state index in [9.17, 15) is 13.2 Å². The van der Waals surface area contributed by atoms with E-state index in [1.165, 1.54) is 25.0 Å². The Morgan fingerprint density at radius 1 is 1.15 bits per heavy atom. The Labute approximate surface area is 119 Å². The second kappa shape index (κ2) is 8.83. The molecule has 0 saturated carbocycles. The molecule has 0 heterocycles. The van der Waals surface area contributed by atoms with Gasteiger partial charge < -0.3 is 0 Å². The molecule has 0 aliphatic heterocycles. The molecule has 0 saturated heterocycles. The minimum absolute atomic E-state index is 0.161. The number of benzene rings is 1. The van der Waals surface area contributed by atoms with Crippen molar-refractivity contribution < 1.29 is 13.2 Å². The summed E-state index contributed by atoms with van der Waals surface area (Å²) in [7, 11) is 0. The van der Waals surface area contributed by atoms with Crippen LogP contribution in [0.15, 0.2) is 18.2 Å². The van der Waals surface area contributed by atoms with E-state index in [1.54, 1.807) is 0 Å². The topological polar surface area (TPSA) is 0 Å². The van der Waals surface area contributed by atoms with Crippen LogP contribution in [0.1, 0.15) is 50.7 Å². The van der Waals surface area contributed by atoms with Crippen molar-refractivity contribution in [3.8, 4) is 0 Å². The van der Waals surface area contributed by atoms with E-state index in [1.807, 2.05) is 0 Å². The lowest BCUT2D eigenvalue weighted by Crippen LogP contribution is -1.98. The number of hydrogen-bond acceptors (Lipinski definition) is 0. The number of aryl methyl sites for hydroxylation is 1. The molecule has 1 aromatic carbocycles. The molecule has 0 aromatic heterocycles. The van der Waals surface area contributed by atoms with Crippen LogP contribution in [0.3, 0.4) is 0 Å². The first kappa shape index (κ1) is 16.8. The number of halogens is 3. The standard InChI is InChI=1S/C17H23F3/c1-3-6-13(2)7-4-8-14-11-16(19)15(9-5-10-18)17(20)12-14/h5,9,11-13H,3-4,6-8,10H2,1-2H3. The zero-order valence-corrected chi connectivity index (χ0v) is 12.3. The molecule has 0 aliphatic carbocycles. The maximum Gasteiger partial charge on any atom is 0.133 e. The molecule has 20 heavy (non-hydrogen) atoms. The van der Waals surface area contributed by atoms with Gasteiger partial charge in [0, 0.05) is 5.56 Å². The van der Waals surface area contributed by atoms with Crippen LogP contribution in [0, 0.1) is 17.6 Å². The highest BCUT2D eigenvalue weighted by molar-refractivity contribution is 5.51. The van der Waals surface area contributed by atoms with Crippen molar-refractivity contribution in [1.82, 2.24) is 0 Å². The van der Waals surface area contributed by atoms with E-state index in [4.69, 9.17) is 0 Å². The van der Waals surface area contributed by atoms with Gasteiger partial charge in [0.25, 0.3) is 0 Å². The Morgan fingerprint density at radius 3 is 2.35 bits per heavy atom. The third kappa shape index (κ3) is 5.40. The Morgan fingerprint density at radius 2 is 1.80 bits per heavy atom. The highest BCUT2D eigenvalue weighted by Gasteiger charge is 2.09. The zero-order valence-electron chi connectivity index (χ0n) is 12.3. The quantitative estimate of drug-likeness (QED) is 0.574. The van der Waals surface area contributed by atoms with Gasteiger partial charge in [-0.25, -0.2) is 13.2 Å². The molecular weight excluding hydrogens is 261 g/mol. The number of alkyl halides is 1. The van der Waals surface area contributed by atoms with Gasteiger partial charge in [0.1, 0.15) is 18.3 Å². The van der Waals surface area contributed by atoms with Crippen molar-refractivity contribution in [1.29, 1.82) is 0 Å². The maximum atomic E-state index is 13.7. The van der Waals surface area contributed by atoms with Crippen LogP contribution in [-0.2, 0) is 6.42 Å². The second-order valence-corrected chi connectivity index (χ2v) is 5.32. The van der Waals surface area contributed by atoms with Gasteiger partial charge >= 0.3 is 0 Å². The average molecular weight is 284 g/mol. The molecule has 1 aromatic rings. The van der Waals surface area contributed by atoms with E-state index in [2.05, 4.69) is 13.8 Å². The predicted molar refractivity (Wildman–Crippen MR) is 78.4 cm³/mol. The Bertz CT molecular complexity index is 415. The van der Waals surface area contributed by atoms with Gasteiger partial charge in [0.2, 0.25) is 0 Å². The fourth-order valence-electron chi connectivity index (χ4n) is 2.39. The first-order valence-corrected chi connectivity index (χ1v) is 7.28. The average Bonchev–Trinajstić information content (AvgIpc) is 2.38. The summed E-state index contributed by atoms with van der Waals surface area (Å²) in [6.07, 6.45) is 7.29. The number of allylic oxidation sites excluding steroid dienone is 1.